The van der Waals surface area contributed by atoms with Gasteiger partial charge in [0, 0.05) is 43.2 Å². The molecule has 2 aliphatic rings. The zero-order chi connectivity index (χ0) is 20.9. The number of nitrogens with one attached hydrogen (secondary N) is 1. The Morgan fingerprint density at radius 1 is 0.767 bits per heavy atom. The molecule has 0 radical (unpaired) electrons. The van der Waals surface area contributed by atoms with Gasteiger partial charge in [0.25, 0.3) is 0 Å². The summed E-state index contributed by atoms with van der Waals surface area (Å²) >= 11 is 0. The Bertz CT molecular complexity index is 903. The maximum absolute atomic E-state index is 12.6. The predicted molar refractivity (Wildman–Crippen MR) is 119 cm³/mol. The van der Waals surface area contributed by atoms with Gasteiger partial charge in [0.15, 0.2) is 0 Å². The van der Waals surface area contributed by atoms with Gasteiger partial charge in [0.2, 0.25) is 5.91 Å². The second-order valence-corrected chi connectivity index (χ2v) is 7.84. The number of carbonyl (C=O) groups is 2. The van der Waals surface area contributed by atoms with E-state index in [1.54, 1.807) is 0 Å². The Kier molecular flexibility index (Phi) is 6.02. The number of amides is 1. The van der Waals surface area contributed by atoms with E-state index >= 15 is 0 Å². The van der Waals surface area contributed by atoms with E-state index in [1.807, 2.05) is 42.5 Å². The summed E-state index contributed by atoms with van der Waals surface area (Å²) in [6, 6.07) is 18.3. The van der Waals surface area contributed by atoms with Crippen LogP contribution in [0.1, 0.15) is 12.8 Å². The molecule has 4 rings (SSSR count). The zero-order valence-corrected chi connectivity index (χ0v) is 16.9. The summed E-state index contributed by atoms with van der Waals surface area (Å²) in [5, 5.41) is 12.3. The van der Waals surface area contributed by atoms with Crippen molar-refractivity contribution in [3.8, 4) is 0 Å². The van der Waals surface area contributed by atoms with Crippen LogP contribution in [-0.2, 0) is 9.59 Å². The zero-order valence-electron chi connectivity index (χ0n) is 16.9. The topological polar surface area (TPSA) is 72.9 Å². The predicted octanol–water partition coefficient (Wildman–Crippen LogP) is 3.62. The fourth-order valence-electron chi connectivity index (χ4n) is 4.23. The van der Waals surface area contributed by atoms with Crippen molar-refractivity contribution in [3.05, 3.63) is 66.7 Å². The van der Waals surface area contributed by atoms with Gasteiger partial charge >= 0.3 is 5.97 Å². The number of rotatable bonds is 5. The van der Waals surface area contributed by atoms with Crippen LogP contribution < -0.4 is 15.1 Å². The molecule has 0 saturated carbocycles. The highest BCUT2D eigenvalue weighted by Gasteiger charge is 2.33. The van der Waals surface area contributed by atoms with Crippen molar-refractivity contribution in [1.29, 1.82) is 0 Å². The first-order chi connectivity index (χ1) is 14.6. The molecule has 0 spiro atoms. The minimum Gasteiger partial charge on any atom is -0.481 e. The lowest BCUT2D eigenvalue weighted by Gasteiger charge is -2.37. The Morgan fingerprint density at radius 3 is 1.87 bits per heavy atom. The maximum atomic E-state index is 12.6. The number of hydrogen-bond acceptors (Lipinski definition) is 4. The highest BCUT2D eigenvalue weighted by atomic mass is 16.4. The number of para-hydroxylation sites is 1. The van der Waals surface area contributed by atoms with Crippen LogP contribution in [0.2, 0.25) is 0 Å². The second-order valence-electron chi connectivity index (χ2n) is 7.84. The smallest absolute Gasteiger partial charge is 0.307 e. The first-order valence-electron chi connectivity index (χ1n) is 10.5. The molecule has 0 bridgehead atoms. The fraction of sp³-hybridized carbons (Fsp3) is 0.333. The molecule has 2 aromatic rings. The Morgan fingerprint density at radius 2 is 1.30 bits per heavy atom. The van der Waals surface area contributed by atoms with E-state index in [1.165, 1.54) is 5.69 Å². The van der Waals surface area contributed by atoms with Gasteiger partial charge in [-0.1, -0.05) is 30.4 Å². The summed E-state index contributed by atoms with van der Waals surface area (Å²) < 4.78 is 0. The molecule has 0 aromatic heterocycles. The molecule has 30 heavy (non-hydrogen) atoms. The number of carboxylic acid groups (broad SMARTS) is 1. The van der Waals surface area contributed by atoms with Crippen LogP contribution in [0, 0.1) is 11.8 Å². The largest absolute Gasteiger partial charge is 0.481 e. The van der Waals surface area contributed by atoms with Gasteiger partial charge < -0.3 is 20.2 Å². The van der Waals surface area contributed by atoms with Crippen LogP contribution >= 0.6 is 0 Å². The van der Waals surface area contributed by atoms with Crippen LogP contribution in [0.5, 0.6) is 0 Å². The molecule has 6 heteroatoms. The Hall–Kier alpha value is -3.28. The standard InChI is InChI=1S/C24H27N3O3/c28-23(21-8-4-5-9-22(21)24(29)30)25-18-10-12-20(13-11-18)27-16-14-26(15-17-27)19-6-2-1-3-7-19/h1-7,10-13,21-22H,8-9,14-17H2,(H,25,28)(H,29,30). The first-order valence-corrected chi connectivity index (χ1v) is 10.5. The number of benzene rings is 2. The molecule has 1 amide bonds. The van der Waals surface area contributed by atoms with Crippen molar-refractivity contribution < 1.29 is 14.7 Å². The quantitative estimate of drug-likeness (QED) is 0.744. The summed E-state index contributed by atoms with van der Waals surface area (Å²) in [5.74, 6) is -2.33. The summed E-state index contributed by atoms with van der Waals surface area (Å²) in [4.78, 5) is 28.8. The number of allylic oxidation sites excluding steroid dienone is 2. The lowest BCUT2D eigenvalue weighted by atomic mass is 9.82. The van der Waals surface area contributed by atoms with Crippen LogP contribution in [-0.4, -0.2) is 43.2 Å². The molecule has 1 fully saturated rings. The lowest BCUT2D eigenvalue weighted by molar-refractivity contribution is -0.146. The van der Waals surface area contributed by atoms with E-state index in [0.717, 1.165) is 31.9 Å². The van der Waals surface area contributed by atoms with Crippen molar-refractivity contribution in [3.63, 3.8) is 0 Å². The summed E-state index contributed by atoms with van der Waals surface area (Å²) in [6.45, 7) is 3.81. The molecule has 1 heterocycles. The number of hydrogen-bond donors (Lipinski definition) is 2. The fourth-order valence-corrected chi connectivity index (χ4v) is 4.23. The van der Waals surface area contributed by atoms with E-state index < -0.39 is 17.8 Å². The van der Waals surface area contributed by atoms with Gasteiger partial charge in [0.05, 0.1) is 11.8 Å². The molecule has 2 aromatic carbocycles. The molecule has 2 unspecified atom stereocenters. The molecule has 2 N–H and O–H groups in total. The van der Waals surface area contributed by atoms with Gasteiger partial charge in [-0.25, -0.2) is 0 Å². The molecule has 2 atom stereocenters. The van der Waals surface area contributed by atoms with E-state index in [9.17, 15) is 14.7 Å². The lowest BCUT2D eigenvalue weighted by Crippen LogP contribution is -2.46. The number of carboxylic acids is 1. The van der Waals surface area contributed by atoms with Crippen molar-refractivity contribution in [2.45, 2.75) is 12.8 Å². The number of anilines is 3. The summed E-state index contributed by atoms with van der Waals surface area (Å²) in [5.41, 5.74) is 3.09. The van der Waals surface area contributed by atoms with E-state index in [-0.39, 0.29) is 5.91 Å². The highest BCUT2D eigenvalue weighted by molar-refractivity contribution is 5.95. The number of carbonyl (C=O) groups excluding carboxylic acids is 1. The number of nitrogens with zero attached hydrogens (tertiary/aromatic N) is 2. The van der Waals surface area contributed by atoms with E-state index in [4.69, 9.17) is 0 Å². The molecular weight excluding hydrogens is 378 g/mol. The second kappa shape index (κ2) is 9.03. The molecule has 1 aliphatic heterocycles. The van der Waals surface area contributed by atoms with Crippen LogP contribution in [0.15, 0.2) is 66.7 Å². The Labute approximate surface area is 176 Å². The van der Waals surface area contributed by atoms with Crippen molar-refractivity contribution in [2.24, 2.45) is 11.8 Å². The summed E-state index contributed by atoms with van der Waals surface area (Å²) in [7, 11) is 0. The first kappa shape index (κ1) is 20.0. The van der Waals surface area contributed by atoms with Crippen molar-refractivity contribution >= 4 is 28.9 Å². The normalized spacial score (nSPS) is 21.3. The molecule has 156 valence electrons. The maximum Gasteiger partial charge on any atom is 0.307 e. The van der Waals surface area contributed by atoms with Crippen LogP contribution in [0.3, 0.4) is 0 Å². The average Bonchev–Trinajstić information content (AvgIpc) is 2.80. The van der Waals surface area contributed by atoms with Gasteiger partial charge in [-0.15, -0.1) is 0 Å². The molecular formula is C24H27N3O3. The Balaban J connectivity index is 1.34. The summed E-state index contributed by atoms with van der Waals surface area (Å²) in [6.07, 6.45) is 4.60. The minimum atomic E-state index is -0.913. The average molecular weight is 405 g/mol. The van der Waals surface area contributed by atoms with Gasteiger partial charge in [-0.3, -0.25) is 9.59 Å². The number of piperazine rings is 1. The molecule has 6 nitrogen and oxygen atoms in total. The van der Waals surface area contributed by atoms with Crippen LogP contribution in [0.25, 0.3) is 0 Å². The third-order valence-electron chi connectivity index (χ3n) is 5.99. The third kappa shape index (κ3) is 4.48. The minimum absolute atomic E-state index is 0.226. The van der Waals surface area contributed by atoms with Gasteiger partial charge in [-0.2, -0.15) is 0 Å². The van der Waals surface area contributed by atoms with Crippen molar-refractivity contribution in [1.82, 2.24) is 0 Å². The van der Waals surface area contributed by atoms with Gasteiger partial charge in [-0.05, 0) is 49.2 Å². The molecule has 1 saturated heterocycles. The number of aliphatic carboxylic acids is 1. The SMILES string of the molecule is O=C(O)C1CC=CCC1C(=O)Nc1ccc(N2CCN(c3ccccc3)CC2)cc1. The van der Waals surface area contributed by atoms with Gasteiger partial charge in [0.1, 0.15) is 0 Å². The van der Waals surface area contributed by atoms with Crippen LogP contribution in [0.4, 0.5) is 17.1 Å². The molecule has 1 aliphatic carbocycles. The highest BCUT2D eigenvalue weighted by Crippen LogP contribution is 2.28. The van der Waals surface area contributed by atoms with E-state index in [2.05, 4.69) is 39.4 Å². The third-order valence-corrected chi connectivity index (χ3v) is 5.99. The van der Waals surface area contributed by atoms with E-state index in [0.29, 0.717) is 18.5 Å². The monoisotopic (exact) mass is 405 g/mol. The van der Waals surface area contributed by atoms with Crippen molar-refractivity contribution in [2.75, 3.05) is 41.3 Å².